The number of imidazole rings is 1. The Morgan fingerprint density at radius 3 is 2.81 bits per heavy atom. The molecule has 1 atom stereocenters. The Morgan fingerprint density at radius 1 is 1.19 bits per heavy atom. The zero-order valence-electron chi connectivity index (χ0n) is 15.2. The summed E-state index contributed by atoms with van der Waals surface area (Å²) in [6.45, 7) is 3.12. The van der Waals surface area contributed by atoms with E-state index in [0.717, 1.165) is 24.1 Å². The van der Waals surface area contributed by atoms with Gasteiger partial charge in [0.25, 0.3) is 0 Å². The van der Waals surface area contributed by atoms with Crippen LogP contribution in [0.3, 0.4) is 0 Å². The Labute approximate surface area is 158 Å². The van der Waals surface area contributed by atoms with Gasteiger partial charge in [0.2, 0.25) is 11.9 Å². The number of para-hydroxylation sites is 2. The third kappa shape index (κ3) is 4.32. The van der Waals surface area contributed by atoms with Crippen molar-refractivity contribution in [1.82, 2.24) is 25.2 Å². The quantitative estimate of drug-likeness (QED) is 0.599. The lowest BCUT2D eigenvalue weighted by molar-refractivity contribution is -0.115. The summed E-state index contributed by atoms with van der Waals surface area (Å²) < 4.78 is 0. The van der Waals surface area contributed by atoms with Crippen molar-refractivity contribution in [1.29, 1.82) is 0 Å². The fourth-order valence-electron chi connectivity index (χ4n) is 3.59. The number of H-pyrrole nitrogens is 1. The van der Waals surface area contributed by atoms with Gasteiger partial charge in [0.15, 0.2) is 0 Å². The van der Waals surface area contributed by atoms with Crippen LogP contribution >= 0.6 is 0 Å². The van der Waals surface area contributed by atoms with Gasteiger partial charge < -0.3 is 10.3 Å². The molecule has 0 spiro atoms. The Kier molecular flexibility index (Phi) is 5.41. The van der Waals surface area contributed by atoms with Crippen LogP contribution in [0, 0.1) is 0 Å². The van der Waals surface area contributed by atoms with Crippen LogP contribution in [0.25, 0.3) is 11.0 Å². The Hall–Kier alpha value is -2.77. The summed E-state index contributed by atoms with van der Waals surface area (Å²) in [5, 5.41) is 6.11. The van der Waals surface area contributed by atoms with Gasteiger partial charge in [-0.3, -0.25) is 20.0 Å². The minimum Gasteiger partial charge on any atom is -0.324 e. The first-order valence-electron chi connectivity index (χ1n) is 9.39. The average Bonchev–Trinajstić information content (AvgIpc) is 3.35. The fourth-order valence-corrected chi connectivity index (χ4v) is 3.59. The smallest absolute Gasteiger partial charge is 0.240 e. The second kappa shape index (κ2) is 8.28. The summed E-state index contributed by atoms with van der Waals surface area (Å²) in [4.78, 5) is 26.5. The number of amides is 1. The first-order chi connectivity index (χ1) is 13.3. The maximum Gasteiger partial charge on any atom is 0.240 e. The molecule has 1 amide bonds. The standard InChI is InChI=1S/C20H24N6O/c27-19(25-20-23-16-7-1-2-8-17(16)24-20)14-22-13-18(26-10-3-4-11-26)15-6-5-9-21-12-15/h1-2,5-9,12,18,22H,3-4,10-11,13-14H2,(H2,23,24,25,27)/t18-/m1/s1. The largest absolute Gasteiger partial charge is 0.324 e. The van der Waals surface area contributed by atoms with Crippen molar-refractivity contribution in [2.24, 2.45) is 0 Å². The molecule has 3 aromatic rings. The second-order valence-corrected chi connectivity index (χ2v) is 6.83. The van der Waals surface area contributed by atoms with Crippen LogP contribution in [0.15, 0.2) is 48.8 Å². The number of aromatic amines is 1. The molecule has 1 saturated heterocycles. The third-order valence-electron chi connectivity index (χ3n) is 4.92. The Bertz CT molecular complexity index is 855. The second-order valence-electron chi connectivity index (χ2n) is 6.83. The summed E-state index contributed by atoms with van der Waals surface area (Å²) in [5.74, 6) is 0.367. The minimum absolute atomic E-state index is 0.111. The maximum absolute atomic E-state index is 12.3. The van der Waals surface area contributed by atoms with Crippen LogP contribution in [0.2, 0.25) is 0 Å². The molecule has 2 aromatic heterocycles. The topological polar surface area (TPSA) is 85.9 Å². The first-order valence-corrected chi connectivity index (χ1v) is 9.39. The molecule has 7 heteroatoms. The van der Waals surface area contributed by atoms with E-state index in [2.05, 4.69) is 36.6 Å². The zero-order chi connectivity index (χ0) is 18.5. The zero-order valence-corrected chi connectivity index (χ0v) is 15.2. The number of anilines is 1. The summed E-state index contributed by atoms with van der Waals surface area (Å²) >= 11 is 0. The summed E-state index contributed by atoms with van der Waals surface area (Å²) in [7, 11) is 0. The molecule has 1 fully saturated rings. The van der Waals surface area contributed by atoms with E-state index in [0.29, 0.717) is 12.5 Å². The lowest BCUT2D eigenvalue weighted by atomic mass is 10.1. The number of carbonyl (C=O) groups is 1. The van der Waals surface area contributed by atoms with Crippen LogP contribution in [-0.4, -0.2) is 51.9 Å². The van der Waals surface area contributed by atoms with Crippen molar-refractivity contribution in [2.45, 2.75) is 18.9 Å². The van der Waals surface area contributed by atoms with Gasteiger partial charge in [-0.2, -0.15) is 0 Å². The number of benzene rings is 1. The number of aromatic nitrogens is 3. The minimum atomic E-state index is -0.111. The number of nitrogens with zero attached hydrogens (tertiary/aromatic N) is 3. The molecule has 7 nitrogen and oxygen atoms in total. The van der Waals surface area contributed by atoms with E-state index < -0.39 is 0 Å². The molecule has 0 unspecified atom stereocenters. The lowest BCUT2D eigenvalue weighted by Gasteiger charge is -2.28. The number of hydrogen-bond acceptors (Lipinski definition) is 5. The molecule has 0 bridgehead atoms. The molecule has 27 heavy (non-hydrogen) atoms. The highest BCUT2D eigenvalue weighted by Gasteiger charge is 2.23. The number of carbonyl (C=O) groups excluding carboxylic acids is 1. The van der Waals surface area contributed by atoms with Gasteiger partial charge in [0, 0.05) is 25.0 Å². The van der Waals surface area contributed by atoms with Crippen LogP contribution in [-0.2, 0) is 4.79 Å². The molecular weight excluding hydrogens is 340 g/mol. The third-order valence-corrected chi connectivity index (χ3v) is 4.92. The van der Waals surface area contributed by atoms with Gasteiger partial charge >= 0.3 is 0 Å². The van der Waals surface area contributed by atoms with Crippen molar-refractivity contribution in [2.75, 3.05) is 31.5 Å². The van der Waals surface area contributed by atoms with E-state index >= 15 is 0 Å². The summed E-state index contributed by atoms with van der Waals surface area (Å²) in [6.07, 6.45) is 6.16. The van der Waals surface area contributed by atoms with E-state index in [9.17, 15) is 4.79 Å². The highest BCUT2D eigenvalue weighted by molar-refractivity contribution is 5.92. The highest BCUT2D eigenvalue weighted by atomic mass is 16.2. The number of hydrogen-bond donors (Lipinski definition) is 3. The van der Waals surface area contributed by atoms with Crippen molar-refractivity contribution >= 4 is 22.9 Å². The van der Waals surface area contributed by atoms with Crippen molar-refractivity contribution in [3.05, 3.63) is 54.4 Å². The monoisotopic (exact) mass is 364 g/mol. The van der Waals surface area contributed by atoms with E-state index in [-0.39, 0.29) is 18.5 Å². The fraction of sp³-hybridized carbons (Fsp3) is 0.350. The lowest BCUT2D eigenvalue weighted by Crippen LogP contribution is -2.37. The van der Waals surface area contributed by atoms with Crippen molar-refractivity contribution in [3.63, 3.8) is 0 Å². The number of fused-ring (bicyclic) bond motifs is 1. The van der Waals surface area contributed by atoms with E-state index in [1.807, 2.05) is 36.5 Å². The van der Waals surface area contributed by atoms with Crippen molar-refractivity contribution < 1.29 is 4.79 Å². The van der Waals surface area contributed by atoms with Gasteiger partial charge in [-0.05, 0) is 49.7 Å². The normalized spacial score (nSPS) is 15.9. The maximum atomic E-state index is 12.3. The van der Waals surface area contributed by atoms with Gasteiger partial charge in [-0.1, -0.05) is 18.2 Å². The number of likely N-dealkylation sites (tertiary alicyclic amines) is 1. The Morgan fingerprint density at radius 2 is 2.04 bits per heavy atom. The van der Waals surface area contributed by atoms with Gasteiger partial charge in [-0.25, -0.2) is 4.98 Å². The number of nitrogens with one attached hydrogen (secondary N) is 3. The molecule has 0 saturated carbocycles. The number of rotatable bonds is 7. The van der Waals surface area contributed by atoms with E-state index in [1.54, 1.807) is 6.20 Å². The van der Waals surface area contributed by atoms with Crippen LogP contribution in [0.1, 0.15) is 24.4 Å². The van der Waals surface area contributed by atoms with Crippen LogP contribution in [0.5, 0.6) is 0 Å². The molecule has 1 aliphatic heterocycles. The van der Waals surface area contributed by atoms with E-state index in [1.165, 1.54) is 18.4 Å². The van der Waals surface area contributed by atoms with Gasteiger partial charge in [0.05, 0.1) is 17.6 Å². The summed E-state index contributed by atoms with van der Waals surface area (Å²) in [5.41, 5.74) is 2.93. The van der Waals surface area contributed by atoms with Gasteiger partial charge in [-0.15, -0.1) is 0 Å². The Balaban J connectivity index is 1.33. The van der Waals surface area contributed by atoms with Crippen LogP contribution in [0.4, 0.5) is 5.95 Å². The molecule has 1 aromatic carbocycles. The first kappa shape index (κ1) is 17.6. The molecular formula is C20H24N6O. The average molecular weight is 364 g/mol. The van der Waals surface area contributed by atoms with Crippen molar-refractivity contribution in [3.8, 4) is 0 Å². The molecule has 1 aliphatic rings. The predicted molar refractivity (Wildman–Crippen MR) is 105 cm³/mol. The summed E-state index contributed by atoms with van der Waals surface area (Å²) in [6, 6.07) is 12.0. The molecule has 0 radical (unpaired) electrons. The highest BCUT2D eigenvalue weighted by Crippen LogP contribution is 2.23. The number of pyridine rings is 1. The molecule has 140 valence electrons. The van der Waals surface area contributed by atoms with Crippen LogP contribution < -0.4 is 10.6 Å². The molecule has 0 aliphatic carbocycles. The molecule has 4 rings (SSSR count). The molecule has 3 N–H and O–H groups in total. The SMILES string of the molecule is O=C(CNC[C@H](c1cccnc1)N1CCCC1)Nc1nc2ccccc2[nH]1. The predicted octanol–water partition coefficient (Wildman–Crippen LogP) is 2.32. The van der Waals surface area contributed by atoms with E-state index in [4.69, 9.17) is 0 Å². The molecule has 3 heterocycles. The van der Waals surface area contributed by atoms with Gasteiger partial charge in [0.1, 0.15) is 0 Å².